The highest BCUT2D eigenvalue weighted by Gasteiger charge is 2.15. The van der Waals surface area contributed by atoms with E-state index in [1.165, 1.54) is 11.1 Å². The normalized spacial score (nSPS) is 11.0. The van der Waals surface area contributed by atoms with Gasteiger partial charge in [-0.3, -0.25) is 0 Å². The van der Waals surface area contributed by atoms with E-state index >= 15 is 0 Å². The summed E-state index contributed by atoms with van der Waals surface area (Å²) in [5, 5.41) is 4.29. The molecule has 0 saturated heterocycles. The minimum Gasteiger partial charge on any atom is -0.240 e. The lowest BCUT2D eigenvalue weighted by atomic mass is 10.0. The molecule has 4 heteroatoms. The molecule has 0 aliphatic rings. The van der Waals surface area contributed by atoms with Crippen molar-refractivity contribution in [1.29, 1.82) is 0 Å². The van der Waals surface area contributed by atoms with Gasteiger partial charge >= 0.3 is 0 Å². The fourth-order valence-electron chi connectivity index (χ4n) is 2.83. The summed E-state index contributed by atoms with van der Waals surface area (Å²) >= 11 is 0. The zero-order valence-electron chi connectivity index (χ0n) is 14.3. The van der Waals surface area contributed by atoms with Crippen LogP contribution in [0.2, 0.25) is 0 Å². The Morgan fingerprint density at radius 2 is 1.32 bits per heavy atom. The van der Waals surface area contributed by atoms with Gasteiger partial charge in [-0.1, -0.05) is 66.2 Å². The van der Waals surface area contributed by atoms with Crippen molar-refractivity contribution in [2.24, 2.45) is 0 Å². The molecule has 4 rings (SSSR count). The molecule has 0 unspecified atom stereocenters. The Hall–Kier alpha value is -3.27. The van der Waals surface area contributed by atoms with Gasteiger partial charge in [0.1, 0.15) is 5.52 Å². The summed E-state index contributed by atoms with van der Waals surface area (Å²) in [5.74, 6) is 0. The van der Waals surface area contributed by atoms with Crippen molar-refractivity contribution in [3.8, 4) is 22.5 Å². The van der Waals surface area contributed by atoms with Gasteiger partial charge in [0.25, 0.3) is 0 Å². The summed E-state index contributed by atoms with van der Waals surface area (Å²) in [6.07, 6.45) is 3.36. The Balaban J connectivity index is 2.01. The Morgan fingerprint density at radius 1 is 0.800 bits per heavy atom. The molecule has 2 heterocycles. The lowest BCUT2D eigenvalue weighted by Gasteiger charge is -2.10. The predicted octanol–water partition coefficient (Wildman–Crippen LogP) is 4.88. The topological polar surface area (TPSA) is 43.6 Å². The third kappa shape index (κ3) is 2.72. The summed E-state index contributed by atoms with van der Waals surface area (Å²) in [7, 11) is 0. The molecular formula is C21H18N4. The van der Waals surface area contributed by atoms with E-state index in [9.17, 15) is 0 Å². The second kappa shape index (κ2) is 5.98. The van der Waals surface area contributed by atoms with Crippen LogP contribution in [0.3, 0.4) is 0 Å². The van der Waals surface area contributed by atoms with Crippen LogP contribution in [-0.2, 0) is 0 Å². The maximum atomic E-state index is 4.87. The van der Waals surface area contributed by atoms with Gasteiger partial charge in [-0.15, -0.1) is 0 Å². The van der Waals surface area contributed by atoms with Crippen molar-refractivity contribution in [3.05, 3.63) is 72.4 Å². The fourth-order valence-corrected chi connectivity index (χ4v) is 2.83. The molecule has 2 aromatic carbocycles. The molecule has 0 spiro atoms. The highest BCUT2D eigenvalue weighted by molar-refractivity contribution is 5.85. The zero-order chi connectivity index (χ0) is 17.4. The van der Waals surface area contributed by atoms with Crippen LogP contribution >= 0.6 is 0 Å². The number of hydrogen-bond acceptors (Lipinski definition) is 3. The van der Waals surface area contributed by atoms with Crippen LogP contribution in [0.4, 0.5) is 0 Å². The molecule has 0 amide bonds. The third-order valence-electron chi connectivity index (χ3n) is 4.25. The lowest BCUT2D eigenvalue weighted by molar-refractivity contribution is 0.952. The summed E-state index contributed by atoms with van der Waals surface area (Å²) in [4.78, 5) is 9.72. The van der Waals surface area contributed by atoms with Crippen LogP contribution in [0.1, 0.15) is 11.1 Å². The molecule has 2 aromatic heterocycles. The van der Waals surface area contributed by atoms with E-state index in [0.29, 0.717) is 5.65 Å². The Bertz CT molecular complexity index is 1060. The summed E-state index contributed by atoms with van der Waals surface area (Å²) in [5.41, 5.74) is 7.68. The molecule has 4 aromatic rings. The van der Waals surface area contributed by atoms with Crippen LogP contribution < -0.4 is 0 Å². The Labute approximate surface area is 146 Å². The van der Waals surface area contributed by atoms with Gasteiger partial charge in [0, 0.05) is 17.3 Å². The van der Waals surface area contributed by atoms with Crippen molar-refractivity contribution >= 4 is 17.4 Å². The largest absolute Gasteiger partial charge is 0.240 e. The van der Waals surface area contributed by atoms with Crippen LogP contribution in [0, 0.1) is 13.8 Å². The van der Waals surface area contributed by atoms with Crippen molar-refractivity contribution in [1.82, 2.24) is 19.7 Å². The van der Waals surface area contributed by atoms with E-state index in [1.54, 1.807) is 17.1 Å². The number of benzene rings is 2. The van der Waals surface area contributed by atoms with Crippen LogP contribution in [0.15, 0.2) is 61.3 Å². The number of aromatic nitrogens is 4. The lowest BCUT2D eigenvalue weighted by Crippen LogP contribution is -1.97. The van der Waals surface area contributed by atoms with E-state index in [-0.39, 0.29) is 0 Å². The Morgan fingerprint density at radius 3 is 1.84 bits per heavy atom. The highest BCUT2D eigenvalue weighted by Crippen LogP contribution is 2.31. The first-order valence-electron chi connectivity index (χ1n) is 8.17. The predicted molar refractivity (Wildman–Crippen MR) is 102 cm³/mol. The Kier molecular flexibility index (Phi) is 3.65. The molecule has 122 valence electrons. The molecule has 0 aliphatic carbocycles. The standard InChI is InChI=1S/C21H18N4/c1-4-25-21-18(13-22-25)23-19(16-9-5-14(2)6-10-16)20(24-21)17-11-7-15(3)8-12-17/h4-13H,1H2,2-3H3. The van der Waals surface area contributed by atoms with Crippen LogP contribution in [0.25, 0.3) is 39.9 Å². The SMILES string of the molecule is C=Cn1ncc2nc(-c3ccc(C)cc3)c(-c3ccc(C)cc3)nc21. The summed E-state index contributed by atoms with van der Waals surface area (Å²) in [6, 6.07) is 16.7. The first kappa shape index (κ1) is 15.3. The number of hydrogen-bond donors (Lipinski definition) is 0. The molecule has 0 fully saturated rings. The molecule has 4 nitrogen and oxygen atoms in total. The first-order valence-corrected chi connectivity index (χ1v) is 8.17. The maximum Gasteiger partial charge on any atom is 0.181 e. The fraction of sp³-hybridized carbons (Fsp3) is 0.0952. The molecular weight excluding hydrogens is 308 g/mol. The molecule has 0 radical (unpaired) electrons. The van der Waals surface area contributed by atoms with Crippen molar-refractivity contribution in [2.75, 3.05) is 0 Å². The monoisotopic (exact) mass is 326 g/mol. The quantitative estimate of drug-likeness (QED) is 0.539. The highest BCUT2D eigenvalue weighted by atomic mass is 15.3. The number of nitrogens with zero attached hydrogens (tertiary/aromatic N) is 4. The second-order valence-corrected chi connectivity index (χ2v) is 6.13. The first-order chi connectivity index (χ1) is 12.2. The van der Waals surface area contributed by atoms with Gasteiger partial charge in [0.05, 0.1) is 17.6 Å². The van der Waals surface area contributed by atoms with Crippen molar-refractivity contribution in [2.45, 2.75) is 13.8 Å². The minimum absolute atomic E-state index is 0.710. The molecule has 0 aliphatic heterocycles. The van der Waals surface area contributed by atoms with Gasteiger partial charge in [-0.2, -0.15) is 5.10 Å². The van der Waals surface area contributed by atoms with Gasteiger partial charge in [-0.25, -0.2) is 14.6 Å². The van der Waals surface area contributed by atoms with E-state index in [4.69, 9.17) is 9.97 Å². The van der Waals surface area contributed by atoms with Gasteiger partial charge in [0.15, 0.2) is 5.65 Å². The average Bonchev–Trinajstić information content (AvgIpc) is 3.04. The second-order valence-electron chi connectivity index (χ2n) is 6.13. The van der Waals surface area contributed by atoms with E-state index in [0.717, 1.165) is 28.0 Å². The van der Waals surface area contributed by atoms with Gasteiger partial charge in [-0.05, 0) is 13.8 Å². The summed E-state index contributed by atoms with van der Waals surface area (Å²) in [6.45, 7) is 7.94. The van der Waals surface area contributed by atoms with Crippen molar-refractivity contribution in [3.63, 3.8) is 0 Å². The van der Waals surface area contributed by atoms with E-state index in [2.05, 4.69) is 74.1 Å². The van der Waals surface area contributed by atoms with Crippen molar-refractivity contribution < 1.29 is 0 Å². The van der Waals surface area contributed by atoms with Gasteiger partial charge in [0.2, 0.25) is 0 Å². The summed E-state index contributed by atoms with van der Waals surface area (Å²) < 4.78 is 1.65. The van der Waals surface area contributed by atoms with E-state index in [1.807, 2.05) is 0 Å². The molecule has 0 bridgehead atoms. The molecule has 25 heavy (non-hydrogen) atoms. The smallest absolute Gasteiger partial charge is 0.181 e. The maximum absolute atomic E-state index is 4.87. The number of fused-ring (bicyclic) bond motifs is 1. The number of rotatable bonds is 3. The van der Waals surface area contributed by atoms with E-state index < -0.39 is 0 Å². The van der Waals surface area contributed by atoms with Crippen LogP contribution in [0.5, 0.6) is 0 Å². The molecule has 0 N–H and O–H groups in total. The minimum atomic E-state index is 0.710. The third-order valence-corrected chi connectivity index (χ3v) is 4.25. The van der Waals surface area contributed by atoms with Crippen LogP contribution in [-0.4, -0.2) is 19.7 Å². The average molecular weight is 326 g/mol. The molecule has 0 saturated carbocycles. The molecule has 0 atom stereocenters. The number of aryl methyl sites for hydroxylation is 2. The zero-order valence-corrected chi connectivity index (χ0v) is 14.3. The van der Waals surface area contributed by atoms with Gasteiger partial charge < -0.3 is 0 Å².